The second kappa shape index (κ2) is 10.3. The van der Waals surface area contributed by atoms with Crippen LogP contribution in [-0.2, 0) is 0 Å². The lowest BCUT2D eigenvalue weighted by atomic mass is 9.93. The number of thiophene rings is 1. The standard InChI is InChI=1S/C44H27NOS/c1-3-13-28(14-4-1)38-25-31(26-39-42(38)43-36-20-9-7-17-32(36)33-18-8-10-21-37(33)44(43)46-39)45(29-15-5-2-6-16-29)30-23-24-35-34-19-11-12-22-40(34)47-41(35)27-30/h1-27H. The summed E-state index contributed by atoms with van der Waals surface area (Å²) in [5, 5.41) is 9.69. The second-order valence-electron chi connectivity index (χ2n) is 12.1. The van der Waals surface area contributed by atoms with Crippen LogP contribution < -0.4 is 4.90 Å². The molecule has 0 aliphatic rings. The number of benzene rings is 8. The lowest BCUT2D eigenvalue weighted by Gasteiger charge is -2.26. The average Bonchev–Trinajstić information content (AvgIpc) is 3.71. The van der Waals surface area contributed by atoms with Crippen LogP contribution >= 0.6 is 11.3 Å². The van der Waals surface area contributed by atoms with E-state index in [1.165, 1.54) is 36.3 Å². The number of anilines is 3. The lowest BCUT2D eigenvalue weighted by molar-refractivity contribution is 0.673. The molecule has 220 valence electrons. The molecule has 2 aromatic heterocycles. The maximum atomic E-state index is 6.98. The molecule has 0 bridgehead atoms. The minimum atomic E-state index is 0.877. The van der Waals surface area contributed by atoms with E-state index in [0.29, 0.717) is 0 Å². The molecule has 0 spiro atoms. The van der Waals surface area contributed by atoms with E-state index in [4.69, 9.17) is 4.42 Å². The minimum Gasteiger partial charge on any atom is -0.455 e. The molecule has 0 atom stereocenters. The summed E-state index contributed by atoms with van der Waals surface area (Å²) in [7, 11) is 0. The number of hydrogen-bond donors (Lipinski definition) is 0. The summed E-state index contributed by atoms with van der Waals surface area (Å²) >= 11 is 1.85. The van der Waals surface area contributed by atoms with Crippen LogP contribution in [0.4, 0.5) is 17.1 Å². The number of rotatable bonds is 4. The Balaban J connectivity index is 1.31. The Morgan fingerprint density at radius 3 is 1.81 bits per heavy atom. The van der Waals surface area contributed by atoms with E-state index in [-0.39, 0.29) is 0 Å². The number of hydrogen-bond acceptors (Lipinski definition) is 3. The number of furan rings is 1. The third-order valence-corrected chi connectivity index (χ3v) is 10.5. The quantitative estimate of drug-likeness (QED) is 0.183. The fraction of sp³-hybridized carbons (Fsp3) is 0. The molecule has 3 heteroatoms. The lowest BCUT2D eigenvalue weighted by Crippen LogP contribution is -2.10. The molecular formula is C44H27NOS. The average molecular weight is 618 g/mol. The van der Waals surface area contributed by atoms with Crippen LogP contribution in [0.2, 0.25) is 0 Å². The summed E-state index contributed by atoms with van der Waals surface area (Å²) in [6.45, 7) is 0. The van der Waals surface area contributed by atoms with Gasteiger partial charge < -0.3 is 9.32 Å². The van der Waals surface area contributed by atoms with Crippen LogP contribution in [-0.4, -0.2) is 0 Å². The van der Waals surface area contributed by atoms with E-state index in [0.717, 1.165) is 55.5 Å². The van der Waals surface area contributed by atoms with Crippen LogP contribution in [0.25, 0.3) is 74.8 Å². The SMILES string of the molecule is c1ccc(-c2cc(N(c3ccccc3)c3ccc4c(c3)sc3ccccc34)cc3oc4c5ccccc5c5ccccc5c4c23)cc1. The smallest absolute Gasteiger partial charge is 0.143 e. The Labute approximate surface area is 275 Å². The third-order valence-electron chi connectivity index (χ3n) is 9.41. The molecule has 0 amide bonds. The van der Waals surface area contributed by atoms with Crippen molar-refractivity contribution in [2.75, 3.05) is 4.90 Å². The van der Waals surface area contributed by atoms with Gasteiger partial charge in [0.2, 0.25) is 0 Å². The minimum absolute atomic E-state index is 0.877. The van der Waals surface area contributed by atoms with Gasteiger partial charge in [0.15, 0.2) is 0 Å². The molecule has 0 aliphatic carbocycles. The van der Waals surface area contributed by atoms with Gasteiger partial charge in [0.05, 0.1) is 5.69 Å². The van der Waals surface area contributed by atoms with Crippen LogP contribution in [0.1, 0.15) is 0 Å². The van der Waals surface area contributed by atoms with Gasteiger partial charge in [0.25, 0.3) is 0 Å². The zero-order valence-electron chi connectivity index (χ0n) is 25.4. The molecular weight excluding hydrogens is 591 g/mol. The molecule has 0 fully saturated rings. The molecule has 0 radical (unpaired) electrons. The van der Waals surface area contributed by atoms with Crippen molar-refractivity contribution < 1.29 is 4.42 Å². The first-order chi connectivity index (χ1) is 23.3. The van der Waals surface area contributed by atoms with Crippen LogP contribution in [0.15, 0.2) is 168 Å². The number of para-hydroxylation sites is 1. The molecule has 2 nitrogen and oxygen atoms in total. The molecule has 8 aromatic carbocycles. The molecule has 10 aromatic rings. The molecule has 0 aliphatic heterocycles. The fourth-order valence-electron chi connectivity index (χ4n) is 7.36. The molecule has 47 heavy (non-hydrogen) atoms. The van der Waals surface area contributed by atoms with Crippen LogP contribution in [0, 0.1) is 0 Å². The molecule has 0 unspecified atom stereocenters. The maximum Gasteiger partial charge on any atom is 0.143 e. The summed E-state index contributed by atoms with van der Waals surface area (Å²) in [6, 6.07) is 58.8. The van der Waals surface area contributed by atoms with Gasteiger partial charge in [-0.1, -0.05) is 121 Å². The second-order valence-corrected chi connectivity index (χ2v) is 13.2. The Hall–Kier alpha value is -5.90. The van der Waals surface area contributed by atoms with E-state index >= 15 is 0 Å². The molecule has 0 saturated heterocycles. The van der Waals surface area contributed by atoms with Crippen molar-refractivity contribution in [2.45, 2.75) is 0 Å². The van der Waals surface area contributed by atoms with Gasteiger partial charge in [-0.3, -0.25) is 0 Å². The Bertz CT molecular complexity index is 2790. The first-order valence-corrected chi connectivity index (χ1v) is 16.7. The predicted molar refractivity (Wildman–Crippen MR) is 202 cm³/mol. The van der Waals surface area contributed by atoms with Gasteiger partial charge >= 0.3 is 0 Å². The van der Waals surface area contributed by atoms with E-state index in [2.05, 4.69) is 169 Å². The first-order valence-electron chi connectivity index (χ1n) is 15.9. The highest BCUT2D eigenvalue weighted by Crippen LogP contribution is 2.48. The summed E-state index contributed by atoms with van der Waals surface area (Å²) in [5.41, 5.74) is 7.38. The van der Waals surface area contributed by atoms with E-state index in [9.17, 15) is 0 Å². The molecule has 10 rings (SSSR count). The Kier molecular flexibility index (Phi) is 5.78. The predicted octanol–water partition coefficient (Wildman–Crippen LogP) is 13.4. The molecule has 2 heterocycles. The summed E-state index contributed by atoms with van der Waals surface area (Å²) in [6.07, 6.45) is 0. The van der Waals surface area contributed by atoms with Crippen molar-refractivity contribution in [3.8, 4) is 11.1 Å². The van der Waals surface area contributed by atoms with Crippen LogP contribution in [0.5, 0.6) is 0 Å². The number of nitrogens with zero attached hydrogens (tertiary/aromatic N) is 1. The van der Waals surface area contributed by atoms with Gasteiger partial charge in [-0.15, -0.1) is 11.3 Å². The fourth-order valence-corrected chi connectivity index (χ4v) is 8.50. The van der Waals surface area contributed by atoms with Crippen molar-refractivity contribution in [3.63, 3.8) is 0 Å². The Morgan fingerprint density at radius 1 is 0.404 bits per heavy atom. The van der Waals surface area contributed by atoms with Crippen molar-refractivity contribution in [1.82, 2.24) is 0 Å². The van der Waals surface area contributed by atoms with Crippen molar-refractivity contribution in [2.24, 2.45) is 0 Å². The summed E-state index contributed by atoms with van der Waals surface area (Å²) < 4.78 is 9.56. The van der Waals surface area contributed by atoms with Gasteiger partial charge in [0, 0.05) is 53.8 Å². The highest BCUT2D eigenvalue weighted by atomic mass is 32.1. The van der Waals surface area contributed by atoms with E-state index in [1.54, 1.807) is 0 Å². The normalized spacial score (nSPS) is 11.8. The van der Waals surface area contributed by atoms with Crippen molar-refractivity contribution in [1.29, 1.82) is 0 Å². The number of fused-ring (bicyclic) bond motifs is 11. The van der Waals surface area contributed by atoms with Gasteiger partial charge in [-0.05, 0) is 63.7 Å². The van der Waals surface area contributed by atoms with Crippen LogP contribution in [0.3, 0.4) is 0 Å². The summed E-state index contributed by atoms with van der Waals surface area (Å²) in [5.74, 6) is 0. The third kappa shape index (κ3) is 4.04. The monoisotopic (exact) mass is 617 g/mol. The van der Waals surface area contributed by atoms with E-state index in [1.807, 2.05) is 11.3 Å². The van der Waals surface area contributed by atoms with Gasteiger partial charge in [-0.25, -0.2) is 0 Å². The highest BCUT2D eigenvalue weighted by Gasteiger charge is 2.22. The molecule has 0 N–H and O–H groups in total. The van der Waals surface area contributed by atoms with Gasteiger partial charge in [0.1, 0.15) is 11.2 Å². The maximum absolute atomic E-state index is 6.98. The molecule has 0 saturated carbocycles. The zero-order valence-corrected chi connectivity index (χ0v) is 26.2. The summed E-state index contributed by atoms with van der Waals surface area (Å²) in [4.78, 5) is 2.36. The van der Waals surface area contributed by atoms with Gasteiger partial charge in [-0.2, -0.15) is 0 Å². The Morgan fingerprint density at radius 2 is 1.02 bits per heavy atom. The zero-order chi connectivity index (χ0) is 30.9. The topological polar surface area (TPSA) is 16.4 Å². The largest absolute Gasteiger partial charge is 0.455 e. The van der Waals surface area contributed by atoms with Crippen molar-refractivity contribution >= 4 is 92.1 Å². The van der Waals surface area contributed by atoms with Crippen molar-refractivity contribution in [3.05, 3.63) is 164 Å². The first kappa shape index (κ1) is 26.3. The highest BCUT2D eigenvalue weighted by molar-refractivity contribution is 7.25. The van der Waals surface area contributed by atoms with E-state index < -0.39 is 0 Å².